The molecule has 0 aliphatic carbocycles. The number of aliphatic hydroxyl groups is 2. The number of aromatic nitrogens is 1. The van der Waals surface area contributed by atoms with Gasteiger partial charge in [0.05, 0.1) is 34.8 Å². The second-order valence-corrected chi connectivity index (χ2v) is 11.7. The van der Waals surface area contributed by atoms with Crippen LogP contribution in [0.3, 0.4) is 0 Å². The minimum atomic E-state index is -4.40. The van der Waals surface area contributed by atoms with Crippen molar-refractivity contribution in [2.24, 2.45) is 0 Å². The lowest BCUT2D eigenvalue weighted by Gasteiger charge is -2.21. The molecule has 0 aliphatic rings. The molecule has 0 saturated heterocycles. The fourth-order valence-electron chi connectivity index (χ4n) is 3.55. The molecule has 0 bridgehead atoms. The summed E-state index contributed by atoms with van der Waals surface area (Å²) in [4.78, 5) is 16.8. The average Bonchev–Trinajstić information content (AvgIpc) is 3.13. The van der Waals surface area contributed by atoms with Crippen LogP contribution >= 0.6 is 11.3 Å². The number of halogens is 1. The number of rotatable bonds is 8. The summed E-state index contributed by atoms with van der Waals surface area (Å²) in [6, 6.07) is 3.23. The molecule has 0 fully saturated rings. The molecule has 0 unspecified atom stereocenters. The van der Waals surface area contributed by atoms with Crippen molar-refractivity contribution < 1.29 is 27.8 Å². The van der Waals surface area contributed by atoms with Crippen LogP contribution in [0, 0.1) is 17.1 Å². The van der Waals surface area contributed by atoms with Gasteiger partial charge in [0.2, 0.25) is 10.2 Å². The van der Waals surface area contributed by atoms with E-state index in [0.717, 1.165) is 0 Å². The lowest BCUT2D eigenvalue weighted by molar-refractivity contribution is -0.118. The summed E-state index contributed by atoms with van der Waals surface area (Å²) in [6.07, 6.45) is -0.417. The van der Waals surface area contributed by atoms with Gasteiger partial charge in [0.1, 0.15) is 11.9 Å². The molecule has 1 amide bonds. The number of sulfonamides is 1. The van der Waals surface area contributed by atoms with Crippen molar-refractivity contribution in [1.82, 2.24) is 9.71 Å². The van der Waals surface area contributed by atoms with Gasteiger partial charge in [-0.1, -0.05) is 27.7 Å². The summed E-state index contributed by atoms with van der Waals surface area (Å²) in [7, 11) is -4.40. The third-order valence-electron chi connectivity index (χ3n) is 4.96. The molecule has 11 heteroatoms. The molecule has 180 valence electrons. The summed E-state index contributed by atoms with van der Waals surface area (Å²) in [5.41, 5.74) is -0.434. The number of hydrogen-bond donors (Lipinski definition) is 3. The Morgan fingerprint density at radius 3 is 2.33 bits per heavy atom. The third kappa shape index (κ3) is 5.76. The van der Waals surface area contributed by atoms with E-state index in [1.165, 1.54) is 19.9 Å². The van der Waals surface area contributed by atoms with E-state index in [2.05, 4.69) is 4.98 Å². The highest BCUT2D eigenvalue weighted by Crippen LogP contribution is 2.34. The number of carbonyl (C=O) groups excluding carboxylic acids is 1. The fraction of sp³-hybridized carbons (Fsp3) is 0.500. The number of nitrogens with zero attached hydrogens (tertiary/aromatic N) is 2. The summed E-state index contributed by atoms with van der Waals surface area (Å²) >= 11 is 0.650. The minimum Gasteiger partial charge on any atom is -0.390 e. The monoisotopic (exact) mass is 497 g/mol. The second-order valence-electron chi connectivity index (χ2n) is 8.82. The highest BCUT2D eigenvalue weighted by atomic mass is 32.2. The number of aliphatic hydroxyl groups excluding tert-OH is 1. The zero-order valence-corrected chi connectivity index (χ0v) is 21.0. The smallest absolute Gasteiger partial charge is 0.291 e. The molecule has 3 N–H and O–H groups in total. The number of nitrogens with one attached hydrogen (secondary N) is 1. The van der Waals surface area contributed by atoms with Crippen molar-refractivity contribution in [3.8, 4) is 6.07 Å². The first kappa shape index (κ1) is 26.9. The lowest BCUT2D eigenvalue weighted by Crippen LogP contribution is -2.32. The normalized spacial score (nSPS) is 12.3. The molecule has 1 aromatic carbocycles. The minimum absolute atomic E-state index is 0.00123. The third-order valence-corrected chi connectivity index (χ3v) is 8.13. The van der Waals surface area contributed by atoms with Crippen LogP contribution in [0.2, 0.25) is 0 Å². The van der Waals surface area contributed by atoms with Gasteiger partial charge in [-0.3, -0.25) is 4.79 Å². The lowest BCUT2D eigenvalue weighted by atomic mass is 9.85. The molecular formula is C22H28FN3O5S2. The van der Waals surface area contributed by atoms with E-state index < -0.39 is 44.7 Å². The number of hydrogen-bond acceptors (Lipinski definition) is 8. The summed E-state index contributed by atoms with van der Waals surface area (Å²) in [6.45, 7) is 9.39. The number of benzene rings is 1. The molecular weight excluding hydrogens is 469 g/mol. The largest absolute Gasteiger partial charge is 0.390 e. The zero-order chi connectivity index (χ0) is 25.3. The Bertz CT molecular complexity index is 1210. The van der Waals surface area contributed by atoms with Gasteiger partial charge in [-0.05, 0) is 48.4 Å². The molecule has 0 aliphatic heterocycles. The molecule has 1 aromatic heterocycles. The first-order valence-electron chi connectivity index (χ1n) is 10.3. The highest BCUT2D eigenvalue weighted by Gasteiger charge is 2.31. The van der Waals surface area contributed by atoms with Crippen LogP contribution in [0.25, 0.3) is 0 Å². The molecule has 2 aromatic rings. The van der Waals surface area contributed by atoms with Crippen molar-refractivity contribution in [3.05, 3.63) is 44.7 Å². The van der Waals surface area contributed by atoms with Crippen LogP contribution < -0.4 is 4.72 Å². The number of carbonyl (C=O) groups is 1. The predicted molar refractivity (Wildman–Crippen MR) is 122 cm³/mol. The van der Waals surface area contributed by atoms with Crippen LogP contribution in [0.15, 0.2) is 10.4 Å². The number of thiazole rings is 1. The second kappa shape index (κ2) is 9.85. The van der Waals surface area contributed by atoms with Crippen molar-refractivity contribution in [3.63, 3.8) is 0 Å². The van der Waals surface area contributed by atoms with Crippen molar-refractivity contribution >= 4 is 27.3 Å². The number of amides is 1. The first-order valence-corrected chi connectivity index (χ1v) is 12.6. The Morgan fingerprint density at radius 2 is 1.91 bits per heavy atom. The molecule has 0 saturated carbocycles. The van der Waals surface area contributed by atoms with Gasteiger partial charge in [0, 0.05) is 0 Å². The SMILES string of the molecule is CC(C)c1cc(C#N)c(F)c(C(C)C)c1CC(=O)NS(=O)(=O)c1nc(CO)c(C(C)(C)O)s1. The average molecular weight is 498 g/mol. The topological polar surface area (TPSA) is 140 Å². The zero-order valence-electron chi connectivity index (χ0n) is 19.4. The van der Waals surface area contributed by atoms with E-state index in [-0.39, 0.29) is 33.5 Å². The predicted octanol–water partition coefficient (Wildman–Crippen LogP) is 3.17. The Kier molecular flexibility index (Phi) is 8.02. The van der Waals surface area contributed by atoms with E-state index in [1.807, 2.05) is 24.6 Å². The van der Waals surface area contributed by atoms with Gasteiger partial charge in [-0.2, -0.15) is 13.7 Å². The van der Waals surface area contributed by atoms with Crippen LogP contribution in [-0.4, -0.2) is 29.5 Å². The Balaban J connectivity index is 2.47. The molecule has 0 radical (unpaired) electrons. The van der Waals surface area contributed by atoms with E-state index in [4.69, 9.17) is 0 Å². The van der Waals surface area contributed by atoms with E-state index in [0.29, 0.717) is 22.5 Å². The standard InChI is InChI=1S/C22H28FN3O5S2/c1-11(2)14-7-13(9-24)19(23)18(12(3)4)15(14)8-17(28)26-33(30,31)21-25-16(10-27)20(32-21)22(5,6)29/h7,11-12,27,29H,8,10H2,1-6H3,(H,26,28). The van der Waals surface area contributed by atoms with Crippen LogP contribution in [0.4, 0.5) is 4.39 Å². The quantitative estimate of drug-likeness (QED) is 0.509. The van der Waals surface area contributed by atoms with E-state index >= 15 is 0 Å². The summed E-state index contributed by atoms with van der Waals surface area (Å²) < 4.78 is 42.0. The van der Waals surface area contributed by atoms with Crippen LogP contribution in [-0.2, 0) is 33.4 Å². The summed E-state index contributed by atoms with van der Waals surface area (Å²) in [5, 5.41) is 29.0. The molecule has 0 spiro atoms. The van der Waals surface area contributed by atoms with E-state index in [9.17, 15) is 33.1 Å². The fourth-order valence-corrected chi connectivity index (χ4v) is 5.87. The van der Waals surface area contributed by atoms with Crippen molar-refractivity contribution in [2.45, 2.75) is 76.3 Å². The van der Waals surface area contributed by atoms with E-state index in [1.54, 1.807) is 13.8 Å². The Morgan fingerprint density at radius 1 is 1.30 bits per heavy atom. The maximum absolute atomic E-state index is 15.0. The maximum atomic E-state index is 15.0. The van der Waals surface area contributed by atoms with Crippen molar-refractivity contribution in [2.75, 3.05) is 0 Å². The van der Waals surface area contributed by atoms with Gasteiger partial charge in [0.25, 0.3) is 10.0 Å². The Labute approximate surface area is 197 Å². The van der Waals surface area contributed by atoms with Crippen LogP contribution in [0.5, 0.6) is 0 Å². The molecule has 8 nitrogen and oxygen atoms in total. The van der Waals surface area contributed by atoms with Gasteiger partial charge in [-0.25, -0.2) is 14.1 Å². The Hall–Kier alpha value is -2.39. The van der Waals surface area contributed by atoms with Gasteiger partial charge in [0.15, 0.2) is 0 Å². The molecule has 2 rings (SSSR count). The van der Waals surface area contributed by atoms with Gasteiger partial charge < -0.3 is 10.2 Å². The maximum Gasteiger partial charge on any atom is 0.291 e. The van der Waals surface area contributed by atoms with Crippen molar-refractivity contribution in [1.29, 1.82) is 5.26 Å². The molecule has 0 atom stereocenters. The molecule has 33 heavy (non-hydrogen) atoms. The highest BCUT2D eigenvalue weighted by molar-refractivity contribution is 7.92. The first-order chi connectivity index (χ1) is 15.1. The molecule has 1 heterocycles. The number of nitriles is 1. The summed E-state index contributed by atoms with van der Waals surface area (Å²) in [5.74, 6) is -2.11. The van der Waals surface area contributed by atoms with Crippen LogP contribution in [0.1, 0.15) is 86.2 Å². The van der Waals surface area contributed by atoms with Gasteiger partial charge in [-0.15, -0.1) is 11.3 Å². The van der Waals surface area contributed by atoms with Gasteiger partial charge >= 0.3 is 0 Å².